The molecule has 0 amide bonds. The summed E-state index contributed by atoms with van der Waals surface area (Å²) < 4.78 is 61.6. The van der Waals surface area contributed by atoms with Crippen LogP contribution >= 0.6 is 0 Å². The molecule has 4 aromatic carbocycles. The van der Waals surface area contributed by atoms with Crippen LogP contribution in [0, 0.1) is 32.5 Å². The number of hydrogen-bond acceptors (Lipinski definition) is 27. The molecule has 0 aliphatic rings. The fourth-order valence-electron chi connectivity index (χ4n) is 9.89. The van der Waals surface area contributed by atoms with Crippen LogP contribution in [-0.4, -0.2) is 142 Å². The number of nitrogens with one attached hydrogen (secondary N) is 1. The van der Waals surface area contributed by atoms with Crippen LogP contribution in [0.4, 0.5) is 45.5 Å². The molecule has 6 heterocycles. The van der Waals surface area contributed by atoms with Crippen LogP contribution in [0.2, 0.25) is 0 Å². The number of phenolic OH excluding ortho intramolecular Hbond substituents is 1. The number of aromatic hydroxyl groups is 2. The molecular formula is C70H77FeN20O18S2. The molecule has 3 unspecified atom stereocenters. The number of aliphatic hydroxyl groups excluding tert-OH is 2. The number of pyridine rings is 4. The van der Waals surface area contributed by atoms with Crippen molar-refractivity contribution in [2.24, 2.45) is 46.1 Å². The number of nitrogens with zero attached hydrogens (tertiary/aromatic N) is 18. The third kappa shape index (κ3) is 23.0. The van der Waals surface area contributed by atoms with Crippen LogP contribution in [0.3, 0.4) is 0 Å². The summed E-state index contributed by atoms with van der Waals surface area (Å²) in [7, 11) is -0.768. The molecule has 10 aromatic rings. The van der Waals surface area contributed by atoms with Crippen molar-refractivity contribution in [2.45, 2.75) is 89.5 Å². The third-order valence-corrected chi connectivity index (χ3v) is 17.3. The Hall–Kier alpha value is -12.2. The molecular weight excluding hydrogens is 1530 g/mol. The summed E-state index contributed by atoms with van der Waals surface area (Å²) in [5.41, 5.74) is -0.0112. The zero-order chi connectivity index (χ0) is 81.2. The number of benzene rings is 4. The van der Waals surface area contributed by atoms with Gasteiger partial charge in [-0.3, -0.25) is 32.7 Å². The van der Waals surface area contributed by atoms with Gasteiger partial charge in [0.05, 0.1) is 33.1 Å². The van der Waals surface area contributed by atoms with Crippen molar-refractivity contribution in [1.82, 2.24) is 38.5 Å². The van der Waals surface area contributed by atoms with Crippen molar-refractivity contribution in [2.75, 3.05) is 41.3 Å². The number of carboxylic acids is 2. The maximum absolute atomic E-state index is 13.6. The maximum Gasteiger partial charge on any atom is 3.00 e. The number of azo groups is 4. The number of sulfonamides is 1. The van der Waals surface area contributed by atoms with Crippen molar-refractivity contribution < 1.29 is 93.8 Å². The number of rotatable bonds is 24. The Labute approximate surface area is 644 Å². The molecule has 585 valence electrons. The van der Waals surface area contributed by atoms with Crippen LogP contribution < -0.4 is 56.9 Å². The Morgan fingerprint density at radius 3 is 1.38 bits per heavy atom. The zero-order valence-corrected chi connectivity index (χ0v) is 63.9. The van der Waals surface area contributed by atoms with Crippen molar-refractivity contribution >= 4 is 77.5 Å². The number of aromatic nitrogens is 8. The fraction of sp³-hybridized carbons (Fsp3) is 0.257. The first-order valence-electron chi connectivity index (χ1n) is 32.8. The number of aryl methyl sites for hydroxylation is 2. The number of carbonyl (C=O) groups is 2. The maximum atomic E-state index is 13.6. The third-order valence-electron chi connectivity index (χ3n) is 15.6. The van der Waals surface area contributed by atoms with E-state index in [4.69, 9.17) is 30.3 Å². The first kappa shape index (κ1) is 87.7. The summed E-state index contributed by atoms with van der Waals surface area (Å²) in [6, 6.07) is 29.6. The zero-order valence-electron chi connectivity index (χ0n) is 61.1. The molecule has 38 nitrogen and oxygen atoms in total. The quantitative estimate of drug-likeness (QED) is 0.0198. The topological polar surface area (TPSA) is 555 Å². The van der Waals surface area contributed by atoms with E-state index in [1.165, 1.54) is 42.9 Å². The first-order chi connectivity index (χ1) is 51.8. The van der Waals surface area contributed by atoms with Gasteiger partial charge in [0.2, 0.25) is 15.9 Å². The van der Waals surface area contributed by atoms with Gasteiger partial charge < -0.3 is 79.3 Å². The number of aliphatic carboxylic acids is 2. The molecule has 3 atom stereocenters. The normalized spacial score (nSPS) is 12.6. The molecule has 41 heteroatoms. The molecule has 9 N–H and O–H groups in total. The molecule has 0 spiro atoms. The number of nitrogens with two attached hydrogens (primary N) is 1. The average molecular weight is 1610 g/mol. The summed E-state index contributed by atoms with van der Waals surface area (Å²) in [5.74, 6) is -4.28. The van der Waals surface area contributed by atoms with E-state index in [9.17, 15) is 66.4 Å². The minimum absolute atomic E-state index is 0. The molecule has 10 rings (SSSR count). The number of aliphatic hydroxyl groups is 2. The van der Waals surface area contributed by atoms with E-state index >= 15 is 0 Å². The molecule has 6 aromatic heterocycles. The van der Waals surface area contributed by atoms with Crippen molar-refractivity contribution in [3.8, 4) is 46.0 Å². The van der Waals surface area contributed by atoms with Gasteiger partial charge in [-0.05, 0) is 154 Å². The Bertz CT molecular complexity index is 5300. The molecule has 1 radical (unpaired) electrons. The fourth-order valence-corrected chi connectivity index (χ4v) is 10.9. The van der Waals surface area contributed by atoms with Crippen LogP contribution in [0.15, 0.2) is 216 Å². The van der Waals surface area contributed by atoms with Crippen LogP contribution in [0.25, 0.3) is 22.7 Å². The molecule has 0 fully saturated rings. The van der Waals surface area contributed by atoms with E-state index in [1.807, 2.05) is 50.1 Å². The minimum Gasteiger partial charge on any atom is -0.871 e. The predicted molar refractivity (Wildman–Crippen MR) is 392 cm³/mol. The van der Waals surface area contributed by atoms with Gasteiger partial charge in [0.25, 0.3) is 22.5 Å². The number of carboxylic acid groups (broad SMARTS) is 2. The van der Waals surface area contributed by atoms with Gasteiger partial charge in [-0.1, -0.05) is 49.9 Å². The van der Waals surface area contributed by atoms with Gasteiger partial charge in [0, 0.05) is 63.6 Å². The van der Waals surface area contributed by atoms with E-state index < -0.39 is 77.4 Å². The molecule has 0 aliphatic heterocycles. The van der Waals surface area contributed by atoms with Gasteiger partial charge in [0.15, 0.2) is 30.5 Å². The summed E-state index contributed by atoms with van der Waals surface area (Å²) in [6.07, 6.45) is 5.59. The Morgan fingerprint density at radius 2 is 0.946 bits per heavy atom. The molecule has 0 aliphatic carbocycles. The summed E-state index contributed by atoms with van der Waals surface area (Å²) in [6.45, 7) is 10.6. The molecule has 111 heavy (non-hydrogen) atoms. The molecule has 0 bridgehead atoms. The van der Waals surface area contributed by atoms with Crippen LogP contribution in [0.5, 0.6) is 23.3 Å². The Morgan fingerprint density at radius 1 is 0.550 bits per heavy atom. The van der Waals surface area contributed by atoms with Crippen LogP contribution in [-0.2, 0) is 59.8 Å². The Balaban J connectivity index is 0.000000299. The van der Waals surface area contributed by atoms with Crippen molar-refractivity contribution in [3.05, 3.63) is 210 Å². The molecule has 0 saturated carbocycles. The largest absolute Gasteiger partial charge is 3.00 e. The van der Waals surface area contributed by atoms with Crippen LogP contribution in [0.1, 0.15) is 49.2 Å². The van der Waals surface area contributed by atoms with E-state index in [1.54, 1.807) is 114 Å². The van der Waals surface area contributed by atoms with Gasteiger partial charge in [-0.25, -0.2) is 23.1 Å². The monoisotopic (exact) mass is 1610 g/mol. The number of hydrogen-bond donors (Lipinski definition) is 8. The summed E-state index contributed by atoms with van der Waals surface area (Å²) in [5, 5.41) is 125. The summed E-state index contributed by atoms with van der Waals surface area (Å²) >= 11 is 0. The van der Waals surface area contributed by atoms with Crippen molar-refractivity contribution in [3.63, 3.8) is 0 Å². The van der Waals surface area contributed by atoms with E-state index in [-0.39, 0.29) is 115 Å². The second-order valence-corrected chi connectivity index (χ2v) is 27.6. The smallest absolute Gasteiger partial charge is 0.871 e. The standard InChI is InChI=1S/2C32H34N10O6S.2C3H6O3.Fe/c2*1-20-27(30(44)41(17-9-14-39(3)4)32(46)29(20)40-15-6-5-7-16-40)36-34-22-10-8-11-23(18-22)42-31(45)28(21(2)38-42)37-35-25-19-24(49(33,47)48)12-13-26(25)43;2*1-2(4)3(5)6;/h2*5-8,10-13,15-16,18-19H,9,14,17H2,1-4H3,(H4-,33,34,35,36,37,38,43,44,45,46,47,48);2*2,4H,1H3,(H,5,6);/q;;;;+3/p-3. The second-order valence-electron chi connectivity index (χ2n) is 24.6. The first-order valence-corrected chi connectivity index (χ1v) is 35.9. The van der Waals surface area contributed by atoms with Gasteiger partial charge >= 0.3 is 40.1 Å². The van der Waals surface area contributed by atoms with Gasteiger partial charge in [-0.15, -0.1) is 37.0 Å². The summed E-state index contributed by atoms with van der Waals surface area (Å²) in [4.78, 5) is 75.8. The van der Waals surface area contributed by atoms with Gasteiger partial charge in [0.1, 0.15) is 40.7 Å². The predicted octanol–water partition coefficient (Wildman–Crippen LogP) is 5.91. The van der Waals surface area contributed by atoms with Crippen molar-refractivity contribution in [1.29, 1.82) is 4.78 Å². The molecule has 0 saturated heterocycles. The van der Waals surface area contributed by atoms with E-state index in [0.29, 0.717) is 54.1 Å². The Kier molecular flexibility index (Phi) is 30.6. The van der Waals surface area contributed by atoms with E-state index in [2.05, 4.69) is 51.1 Å². The van der Waals surface area contributed by atoms with Gasteiger partial charge in [-0.2, -0.15) is 24.5 Å². The number of phenols is 1. The SMILES string of the molecule is CC(O)C(=O)O.CC(O)C(=O)O.Cc1[n-]n(-c2cccc(N=Nc3c(C)c(-[n+]4ccccc4)c(=O)n(CCCN(C)C)c3O)c2)c(=O)c1N=Nc1cc(S(N)(=O)=O)ccc1O.Cc1[n-]n(-c2cccc(N=Nc3c(C)c(-[n+]4ccccc4)c(=O)n(CCCN(C)C)c3[O-])c2)c(=O)c1N=Nc1cc(S(=N)(=O)[O-])ccc1[O-].[Fe+3]. The van der Waals surface area contributed by atoms with E-state index in [0.717, 1.165) is 45.8 Å². The minimum atomic E-state index is -4.35. The second kappa shape index (κ2) is 38.8. The average Bonchev–Trinajstić information content (AvgIpc) is 1.65. The number of primary sulfonamides is 1.